The van der Waals surface area contributed by atoms with Gasteiger partial charge in [-0.1, -0.05) is 22.9 Å². The van der Waals surface area contributed by atoms with Gasteiger partial charge in [0.1, 0.15) is 5.75 Å². The van der Waals surface area contributed by atoms with E-state index in [-0.39, 0.29) is 10.8 Å². The summed E-state index contributed by atoms with van der Waals surface area (Å²) < 4.78 is 8.00. The zero-order valence-corrected chi connectivity index (χ0v) is 14.6. The first-order chi connectivity index (χ1) is 11.4. The van der Waals surface area contributed by atoms with Crippen molar-refractivity contribution in [1.82, 2.24) is 4.57 Å². The van der Waals surface area contributed by atoms with Crippen LogP contribution in [0.2, 0.25) is 5.02 Å². The van der Waals surface area contributed by atoms with Gasteiger partial charge in [-0.25, -0.2) is 0 Å². The summed E-state index contributed by atoms with van der Waals surface area (Å²) in [7, 11) is 1.72. The Bertz CT molecular complexity index is 947. The van der Waals surface area contributed by atoms with E-state index in [1.165, 1.54) is 0 Å². The summed E-state index contributed by atoms with van der Waals surface area (Å²) in [6.07, 6.45) is -0.670. The van der Waals surface area contributed by atoms with Crippen molar-refractivity contribution in [2.45, 2.75) is 13.0 Å². The number of thiazole rings is 1. The van der Waals surface area contributed by atoms with Gasteiger partial charge in [0.2, 0.25) is 0 Å². The van der Waals surface area contributed by atoms with Gasteiger partial charge >= 0.3 is 4.87 Å². The lowest BCUT2D eigenvalue weighted by Gasteiger charge is -2.14. The molecular formula is C17H15ClN2O3S. The van der Waals surface area contributed by atoms with Crippen LogP contribution in [0.1, 0.15) is 6.92 Å². The number of amides is 1. The second kappa shape index (κ2) is 6.67. The molecule has 0 radical (unpaired) electrons. The molecule has 24 heavy (non-hydrogen) atoms. The minimum absolute atomic E-state index is 0.0343. The van der Waals surface area contributed by atoms with Gasteiger partial charge in [-0.15, -0.1) is 0 Å². The predicted molar refractivity (Wildman–Crippen MR) is 97.2 cm³/mol. The average molecular weight is 363 g/mol. The monoisotopic (exact) mass is 362 g/mol. The number of nitrogens with one attached hydrogen (secondary N) is 1. The highest BCUT2D eigenvalue weighted by Gasteiger charge is 2.15. The summed E-state index contributed by atoms with van der Waals surface area (Å²) in [6.45, 7) is 1.67. The molecule has 0 fully saturated rings. The van der Waals surface area contributed by atoms with Crippen molar-refractivity contribution in [3.8, 4) is 5.75 Å². The maximum Gasteiger partial charge on any atom is 0.307 e. The number of nitrogens with zero attached hydrogens (tertiary/aromatic N) is 1. The minimum Gasteiger partial charge on any atom is -0.481 e. The van der Waals surface area contributed by atoms with Crippen molar-refractivity contribution in [2.75, 3.05) is 5.32 Å². The van der Waals surface area contributed by atoms with Gasteiger partial charge in [0.05, 0.1) is 10.2 Å². The molecule has 3 aromatic rings. The number of carbonyl (C=O) groups excluding carboxylic acids is 1. The molecule has 5 nitrogen and oxygen atoms in total. The van der Waals surface area contributed by atoms with Crippen LogP contribution in [0, 0.1) is 0 Å². The molecule has 1 heterocycles. The number of benzene rings is 2. The summed E-state index contributed by atoms with van der Waals surface area (Å²) in [5.74, 6) is 0.298. The Morgan fingerprint density at radius 1 is 1.25 bits per heavy atom. The number of aryl methyl sites for hydroxylation is 1. The second-order valence-corrected chi connectivity index (χ2v) is 6.74. The Morgan fingerprint density at radius 2 is 1.96 bits per heavy atom. The zero-order valence-electron chi connectivity index (χ0n) is 13.1. The number of fused-ring (bicyclic) bond motifs is 1. The van der Waals surface area contributed by atoms with Crippen molar-refractivity contribution in [3.05, 3.63) is 57.2 Å². The van der Waals surface area contributed by atoms with Gasteiger partial charge in [-0.2, -0.15) is 0 Å². The Balaban J connectivity index is 1.71. The quantitative estimate of drug-likeness (QED) is 0.770. The largest absolute Gasteiger partial charge is 0.481 e. The van der Waals surface area contributed by atoms with Crippen LogP contribution in [0.5, 0.6) is 5.75 Å². The van der Waals surface area contributed by atoms with Crippen LogP contribution < -0.4 is 14.9 Å². The van der Waals surface area contributed by atoms with Crippen molar-refractivity contribution in [2.24, 2.45) is 7.05 Å². The van der Waals surface area contributed by atoms with Crippen LogP contribution in [0.15, 0.2) is 47.3 Å². The third-order valence-corrected chi connectivity index (χ3v) is 4.80. The number of carbonyl (C=O) groups is 1. The molecule has 0 aliphatic rings. The van der Waals surface area contributed by atoms with E-state index in [1.807, 2.05) is 6.07 Å². The van der Waals surface area contributed by atoms with E-state index in [0.29, 0.717) is 16.5 Å². The molecule has 0 saturated heterocycles. The zero-order chi connectivity index (χ0) is 17.3. The maximum atomic E-state index is 12.3. The second-order valence-electron chi connectivity index (χ2n) is 5.31. The normalized spacial score (nSPS) is 12.1. The predicted octanol–water partition coefficient (Wildman–Crippen LogP) is 3.66. The number of hydrogen-bond acceptors (Lipinski definition) is 4. The van der Waals surface area contributed by atoms with E-state index in [2.05, 4.69) is 5.32 Å². The van der Waals surface area contributed by atoms with Crippen LogP contribution in [0.4, 0.5) is 5.69 Å². The molecular weight excluding hydrogens is 348 g/mol. The van der Waals surface area contributed by atoms with E-state index in [9.17, 15) is 9.59 Å². The first-order valence-corrected chi connectivity index (χ1v) is 8.46. The highest BCUT2D eigenvalue weighted by atomic mass is 35.5. The van der Waals surface area contributed by atoms with Crippen molar-refractivity contribution >= 4 is 44.7 Å². The standard InChI is InChI=1S/C17H15ClN2O3S/c1-10(23-13-6-3-11(18)4-7-13)16(21)19-12-5-8-14-15(9-12)24-17(22)20(14)2/h3-10H,1-2H3,(H,19,21)/t10-/m0/s1. The molecule has 0 aliphatic carbocycles. The molecule has 0 saturated carbocycles. The van der Waals surface area contributed by atoms with Crippen LogP contribution in [0.25, 0.3) is 10.2 Å². The smallest absolute Gasteiger partial charge is 0.307 e. The summed E-state index contributed by atoms with van der Waals surface area (Å²) in [5.41, 5.74) is 1.47. The topological polar surface area (TPSA) is 60.3 Å². The van der Waals surface area contributed by atoms with Crippen LogP contribution in [-0.4, -0.2) is 16.6 Å². The Labute approximate surface area is 147 Å². The van der Waals surface area contributed by atoms with Crippen LogP contribution in [0.3, 0.4) is 0 Å². The number of ether oxygens (including phenoxy) is 1. The third-order valence-electron chi connectivity index (χ3n) is 3.56. The Kier molecular flexibility index (Phi) is 4.59. The number of anilines is 1. The van der Waals surface area contributed by atoms with Gasteiger partial charge in [0, 0.05) is 17.8 Å². The Hall–Kier alpha value is -2.31. The van der Waals surface area contributed by atoms with E-state index < -0.39 is 6.10 Å². The number of halogens is 1. The molecule has 1 atom stereocenters. The average Bonchev–Trinajstić information content (AvgIpc) is 2.83. The summed E-state index contributed by atoms with van der Waals surface area (Å²) >= 11 is 6.97. The van der Waals surface area contributed by atoms with E-state index in [0.717, 1.165) is 21.6 Å². The molecule has 1 amide bonds. The fourth-order valence-electron chi connectivity index (χ4n) is 2.23. The van der Waals surface area contributed by atoms with Gasteiger partial charge in [0.25, 0.3) is 5.91 Å². The van der Waals surface area contributed by atoms with Crippen molar-refractivity contribution in [3.63, 3.8) is 0 Å². The molecule has 0 unspecified atom stereocenters. The molecule has 3 rings (SSSR count). The highest BCUT2D eigenvalue weighted by molar-refractivity contribution is 7.16. The maximum absolute atomic E-state index is 12.3. The summed E-state index contributed by atoms with van der Waals surface area (Å²) in [6, 6.07) is 12.2. The fourth-order valence-corrected chi connectivity index (χ4v) is 3.27. The van der Waals surface area contributed by atoms with Crippen LogP contribution >= 0.6 is 22.9 Å². The lowest BCUT2D eigenvalue weighted by atomic mass is 10.2. The minimum atomic E-state index is -0.670. The first kappa shape index (κ1) is 16.5. The van der Waals surface area contributed by atoms with E-state index in [1.54, 1.807) is 54.9 Å². The van der Waals surface area contributed by atoms with E-state index in [4.69, 9.17) is 16.3 Å². The van der Waals surface area contributed by atoms with E-state index >= 15 is 0 Å². The molecule has 7 heteroatoms. The Morgan fingerprint density at radius 3 is 2.67 bits per heavy atom. The highest BCUT2D eigenvalue weighted by Crippen LogP contribution is 2.22. The molecule has 124 valence electrons. The number of aromatic nitrogens is 1. The molecule has 0 bridgehead atoms. The summed E-state index contributed by atoms with van der Waals surface area (Å²) in [4.78, 5) is 23.9. The molecule has 1 aromatic heterocycles. The number of rotatable bonds is 4. The molecule has 0 spiro atoms. The van der Waals surface area contributed by atoms with Gasteiger partial charge < -0.3 is 14.6 Å². The van der Waals surface area contributed by atoms with Gasteiger partial charge in [-0.3, -0.25) is 9.59 Å². The molecule has 0 aliphatic heterocycles. The summed E-state index contributed by atoms with van der Waals surface area (Å²) in [5, 5.41) is 3.41. The third kappa shape index (κ3) is 3.44. The lowest BCUT2D eigenvalue weighted by Crippen LogP contribution is -2.30. The van der Waals surface area contributed by atoms with Crippen molar-refractivity contribution < 1.29 is 9.53 Å². The SMILES string of the molecule is C[C@H](Oc1ccc(Cl)cc1)C(=O)Nc1ccc2c(c1)sc(=O)n2C. The lowest BCUT2D eigenvalue weighted by molar-refractivity contribution is -0.122. The van der Waals surface area contributed by atoms with Crippen LogP contribution in [-0.2, 0) is 11.8 Å². The molecule has 2 aromatic carbocycles. The van der Waals surface area contributed by atoms with Gasteiger partial charge in [0.15, 0.2) is 6.10 Å². The molecule has 1 N–H and O–H groups in total. The first-order valence-electron chi connectivity index (χ1n) is 7.27. The van der Waals surface area contributed by atoms with Gasteiger partial charge in [-0.05, 0) is 49.4 Å². The van der Waals surface area contributed by atoms with Crippen molar-refractivity contribution in [1.29, 1.82) is 0 Å². The fraction of sp³-hybridized carbons (Fsp3) is 0.176. The number of hydrogen-bond donors (Lipinski definition) is 1.